The molecule has 1 N–H and O–H groups in total. The van der Waals surface area contributed by atoms with Crippen molar-refractivity contribution in [3.8, 4) is 5.69 Å². The second-order valence-electron chi connectivity index (χ2n) is 9.96. The Balaban J connectivity index is 1.39. The summed E-state index contributed by atoms with van der Waals surface area (Å²) in [5.74, 6) is 1.20. The minimum Gasteiger partial charge on any atom is -0.369 e. The SMILES string of the molecule is CC(C)c1cc(Nc2ncc3c(=O)n(-c4ccccc4Cl)c4nccn4c3n2)ccc1N1CCN(C)CC1. The van der Waals surface area contributed by atoms with Gasteiger partial charge in [-0.2, -0.15) is 4.98 Å². The summed E-state index contributed by atoms with van der Waals surface area (Å²) >= 11 is 6.42. The van der Waals surface area contributed by atoms with Gasteiger partial charge in [-0.15, -0.1) is 0 Å². The highest BCUT2D eigenvalue weighted by Gasteiger charge is 2.20. The van der Waals surface area contributed by atoms with E-state index in [4.69, 9.17) is 16.6 Å². The van der Waals surface area contributed by atoms with Crippen LogP contribution in [-0.4, -0.2) is 62.0 Å². The van der Waals surface area contributed by atoms with Crippen LogP contribution in [0.3, 0.4) is 0 Å². The van der Waals surface area contributed by atoms with Gasteiger partial charge >= 0.3 is 0 Å². The van der Waals surface area contributed by atoms with Crippen molar-refractivity contribution in [1.29, 1.82) is 0 Å². The number of nitrogens with one attached hydrogen (secondary N) is 1. The van der Waals surface area contributed by atoms with Crippen molar-refractivity contribution >= 4 is 45.7 Å². The van der Waals surface area contributed by atoms with Gasteiger partial charge in [0.1, 0.15) is 5.39 Å². The molecule has 1 saturated heterocycles. The number of halogens is 1. The predicted molar refractivity (Wildman–Crippen MR) is 152 cm³/mol. The summed E-state index contributed by atoms with van der Waals surface area (Å²) in [6.07, 6.45) is 4.98. The summed E-state index contributed by atoms with van der Waals surface area (Å²) in [4.78, 5) is 32.0. The molecular weight excluding hydrogens is 500 g/mol. The van der Waals surface area contributed by atoms with Gasteiger partial charge in [-0.05, 0) is 48.9 Å². The summed E-state index contributed by atoms with van der Waals surface area (Å²) in [7, 11) is 2.17. The van der Waals surface area contributed by atoms with Gasteiger partial charge in [-0.1, -0.05) is 37.6 Å². The number of para-hydroxylation sites is 1. The normalized spacial score (nSPS) is 14.6. The third-order valence-corrected chi connectivity index (χ3v) is 7.41. The maximum atomic E-state index is 13.5. The summed E-state index contributed by atoms with van der Waals surface area (Å²) in [6.45, 7) is 8.58. The molecule has 10 heteroatoms. The molecule has 0 aliphatic carbocycles. The van der Waals surface area contributed by atoms with E-state index < -0.39 is 0 Å². The topological polar surface area (TPSA) is 83.6 Å². The molecule has 2 aromatic carbocycles. The van der Waals surface area contributed by atoms with Crippen LogP contribution in [0.25, 0.3) is 22.5 Å². The molecule has 1 aliphatic rings. The first-order chi connectivity index (χ1) is 18.4. The molecule has 1 aliphatic heterocycles. The quantitative estimate of drug-likeness (QED) is 0.354. The maximum absolute atomic E-state index is 13.5. The van der Waals surface area contributed by atoms with Crippen molar-refractivity contribution in [3.63, 3.8) is 0 Å². The summed E-state index contributed by atoms with van der Waals surface area (Å²) in [6, 6.07) is 13.6. The van der Waals surface area contributed by atoms with Crippen LogP contribution in [-0.2, 0) is 0 Å². The van der Waals surface area contributed by atoms with E-state index in [1.807, 2.05) is 12.1 Å². The third kappa shape index (κ3) is 4.27. The van der Waals surface area contributed by atoms with Gasteiger partial charge in [0.15, 0.2) is 5.65 Å². The molecule has 5 aromatic rings. The number of likely N-dealkylation sites (N-methyl/N-ethyl adjacent to an activating group) is 1. The Morgan fingerprint density at radius 3 is 2.55 bits per heavy atom. The van der Waals surface area contributed by atoms with Gasteiger partial charge in [-0.3, -0.25) is 9.20 Å². The molecule has 0 spiro atoms. The Morgan fingerprint density at radius 1 is 1.00 bits per heavy atom. The van der Waals surface area contributed by atoms with E-state index in [0.717, 1.165) is 31.9 Å². The van der Waals surface area contributed by atoms with Crippen LogP contribution in [0.5, 0.6) is 0 Å². The van der Waals surface area contributed by atoms with Crippen LogP contribution < -0.4 is 15.8 Å². The number of hydrogen-bond acceptors (Lipinski definition) is 7. The standard InChI is InChI=1S/C28H29ClN8O/c1-18(2)20-16-19(8-9-23(20)35-14-12-34(3)13-15-35)32-27-31-17-21-25(33-27)36-11-10-30-28(36)37(26(21)38)24-7-5-4-6-22(24)29/h4-11,16-18H,12-15H2,1-3H3,(H,31,32,33). The van der Waals surface area contributed by atoms with Gasteiger partial charge in [-0.25, -0.2) is 14.5 Å². The van der Waals surface area contributed by atoms with Gasteiger partial charge in [0, 0.05) is 56.1 Å². The fourth-order valence-electron chi connectivity index (χ4n) is 5.01. The Morgan fingerprint density at radius 2 is 1.79 bits per heavy atom. The molecule has 1 fully saturated rings. The van der Waals surface area contributed by atoms with Gasteiger partial charge in [0.05, 0.1) is 10.7 Å². The fourth-order valence-corrected chi connectivity index (χ4v) is 5.23. The van der Waals surface area contributed by atoms with E-state index in [2.05, 4.69) is 64.2 Å². The molecule has 38 heavy (non-hydrogen) atoms. The fraction of sp³-hybridized carbons (Fsp3) is 0.286. The molecule has 9 nitrogen and oxygen atoms in total. The highest BCUT2D eigenvalue weighted by molar-refractivity contribution is 6.32. The van der Waals surface area contributed by atoms with Crippen LogP contribution in [0, 0.1) is 0 Å². The van der Waals surface area contributed by atoms with E-state index in [-0.39, 0.29) is 5.56 Å². The predicted octanol–water partition coefficient (Wildman–Crippen LogP) is 4.70. The summed E-state index contributed by atoms with van der Waals surface area (Å²) in [5, 5.41) is 4.17. The molecule has 0 atom stereocenters. The molecule has 0 amide bonds. The lowest BCUT2D eigenvalue weighted by atomic mass is 9.99. The van der Waals surface area contributed by atoms with E-state index in [1.165, 1.54) is 15.8 Å². The van der Waals surface area contributed by atoms with Crippen molar-refractivity contribution in [1.82, 2.24) is 28.8 Å². The van der Waals surface area contributed by atoms with Crippen LogP contribution in [0.15, 0.2) is 65.8 Å². The van der Waals surface area contributed by atoms with Crippen LogP contribution in [0.2, 0.25) is 5.02 Å². The average Bonchev–Trinajstić information content (AvgIpc) is 3.40. The lowest BCUT2D eigenvalue weighted by Crippen LogP contribution is -2.44. The van der Waals surface area contributed by atoms with Crippen molar-refractivity contribution in [3.05, 3.63) is 82.0 Å². The highest BCUT2D eigenvalue weighted by Crippen LogP contribution is 2.32. The first-order valence-electron chi connectivity index (χ1n) is 12.7. The molecule has 0 bridgehead atoms. The number of fused-ring (bicyclic) bond motifs is 3. The lowest BCUT2D eigenvalue weighted by Gasteiger charge is -2.36. The van der Waals surface area contributed by atoms with Gasteiger partial charge < -0.3 is 15.1 Å². The Bertz CT molecular complexity index is 1700. The molecule has 0 unspecified atom stereocenters. The van der Waals surface area contributed by atoms with Crippen molar-refractivity contribution in [2.24, 2.45) is 0 Å². The average molecular weight is 529 g/mol. The Labute approximate surface area is 225 Å². The number of hydrogen-bond donors (Lipinski definition) is 1. The smallest absolute Gasteiger partial charge is 0.270 e. The number of anilines is 3. The van der Waals surface area contributed by atoms with Crippen LogP contribution in [0.1, 0.15) is 25.3 Å². The zero-order chi connectivity index (χ0) is 26.4. The van der Waals surface area contributed by atoms with Crippen molar-refractivity contribution in [2.45, 2.75) is 19.8 Å². The molecule has 0 saturated carbocycles. The summed E-state index contributed by atoms with van der Waals surface area (Å²) in [5.41, 5.74) is 4.20. The first kappa shape index (κ1) is 24.4. The van der Waals surface area contributed by atoms with Crippen LogP contribution >= 0.6 is 11.6 Å². The molecule has 3 aromatic heterocycles. The molecular formula is C28H29ClN8O. The van der Waals surface area contributed by atoms with E-state index in [0.29, 0.717) is 39.4 Å². The number of rotatable bonds is 5. The minimum atomic E-state index is -0.281. The second kappa shape index (κ2) is 9.74. The van der Waals surface area contributed by atoms with Gasteiger partial charge in [0.2, 0.25) is 11.7 Å². The van der Waals surface area contributed by atoms with E-state index in [1.54, 1.807) is 35.1 Å². The maximum Gasteiger partial charge on any atom is 0.270 e. The van der Waals surface area contributed by atoms with Crippen LogP contribution in [0.4, 0.5) is 17.3 Å². The lowest BCUT2D eigenvalue weighted by molar-refractivity contribution is 0.312. The van der Waals surface area contributed by atoms with E-state index >= 15 is 0 Å². The number of imidazole rings is 1. The number of aromatic nitrogens is 5. The van der Waals surface area contributed by atoms with Gasteiger partial charge in [0.25, 0.3) is 5.56 Å². The number of nitrogens with zero attached hydrogens (tertiary/aromatic N) is 7. The monoisotopic (exact) mass is 528 g/mol. The molecule has 6 rings (SSSR count). The Hall–Kier alpha value is -3.95. The number of piperazine rings is 1. The van der Waals surface area contributed by atoms with Crippen molar-refractivity contribution in [2.75, 3.05) is 43.4 Å². The van der Waals surface area contributed by atoms with Crippen molar-refractivity contribution < 1.29 is 0 Å². The Kier molecular flexibility index (Phi) is 6.25. The molecule has 0 radical (unpaired) electrons. The minimum absolute atomic E-state index is 0.281. The van der Waals surface area contributed by atoms with E-state index in [9.17, 15) is 4.79 Å². The highest BCUT2D eigenvalue weighted by atomic mass is 35.5. The first-order valence-corrected chi connectivity index (χ1v) is 13.1. The third-order valence-electron chi connectivity index (χ3n) is 7.09. The summed E-state index contributed by atoms with van der Waals surface area (Å²) < 4.78 is 3.27. The zero-order valence-corrected chi connectivity index (χ0v) is 22.4. The second-order valence-corrected chi connectivity index (χ2v) is 10.4. The molecule has 194 valence electrons. The largest absolute Gasteiger partial charge is 0.369 e. The molecule has 4 heterocycles. The zero-order valence-electron chi connectivity index (χ0n) is 21.6. The number of benzene rings is 2.